The summed E-state index contributed by atoms with van der Waals surface area (Å²) in [6.07, 6.45) is 0. The first-order valence-corrected chi connectivity index (χ1v) is 30.9. The number of hydrogen-bond donors (Lipinski definition) is 0. The van der Waals surface area contributed by atoms with Gasteiger partial charge in [-0.15, -0.1) is 0 Å². The Kier molecular flexibility index (Phi) is 13.3. The Hall–Kier alpha value is -10.3. The van der Waals surface area contributed by atoms with Gasteiger partial charge in [-0.05, 0) is 167 Å². The molecule has 0 fully saturated rings. The largest absolute Gasteiger partial charge is 0.309 e. The van der Waals surface area contributed by atoms with Crippen LogP contribution in [-0.2, 0) is 0 Å². The van der Waals surface area contributed by atoms with Gasteiger partial charge < -0.3 is 9.80 Å². The Balaban J connectivity index is 1.09. The highest BCUT2D eigenvalue weighted by Gasteiger charge is 2.33. The second kappa shape index (κ2) is 21.7. The summed E-state index contributed by atoms with van der Waals surface area (Å²) in [5.41, 5.74) is 30.1. The standard InChI is InChI=1S/C85H68N2/c1-53(2)76-51-80(86(84-55(5)37-40-65(56(84)6)60-29-17-10-18-30-60)78-49-63(58-25-13-8-14-26-58)38-41-67(78)62-33-21-12-22-34-62)74-47-44-72-77(54(3)4)52-81(75-48-45-71(76)82(74)83(72)75)87-79-50-64(59-27-15-9-16-28-59)39-42-70(79)68-35-23-24-36-69(68)73-46-43-66(57(7)85(73)87)61-31-19-11-20-32-61/h8-54H,1-7H3. The maximum Gasteiger partial charge on any atom is 0.0576 e. The van der Waals surface area contributed by atoms with Crippen LogP contribution in [0.1, 0.15) is 67.3 Å². The lowest BCUT2D eigenvalue weighted by molar-refractivity contribution is 0.875. The van der Waals surface area contributed by atoms with E-state index in [0.717, 1.165) is 17.1 Å². The van der Waals surface area contributed by atoms with Crippen LogP contribution in [0, 0.1) is 20.8 Å². The highest BCUT2D eigenvalue weighted by Crippen LogP contribution is 2.58. The molecule has 0 N–H and O–H groups in total. The van der Waals surface area contributed by atoms with Crippen molar-refractivity contribution in [3.05, 3.63) is 301 Å². The molecule has 0 radical (unpaired) electrons. The molecular formula is C85H68N2. The number of benzene rings is 14. The molecule has 418 valence electrons. The fourth-order valence-corrected chi connectivity index (χ4v) is 14.4. The van der Waals surface area contributed by atoms with E-state index in [1.165, 1.54) is 155 Å². The molecule has 15 rings (SSSR count). The van der Waals surface area contributed by atoms with Crippen LogP contribution in [0.5, 0.6) is 0 Å². The second-order valence-electron chi connectivity index (χ2n) is 24.4. The van der Waals surface area contributed by atoms with E-state index in [9.17, 15) is 0 Å². The fourth-order valence-electron chi connectivity index (χ4n) is 14.4. The topological polar surface area (TPSA) is 6.48 Å². The minimum Gasteiger partial charge on any atom is -0.309 e. The van der Waals surface area contributed by atoms with Crippen molar-refractivity contribution < 1.29 is 0 Å². The minimum atomic E-state index is 0.194. The lowest BCUT2D eigenvalue weighted by atomic mass is 9.83. The van der Waals surface area contributed by atoms with Crippen molar-refractivity contribution in [3.8, 4) is 77.9 Å². The Morgan fingerprint density at radius 2 is 0.713 bits per heavy atom. The number of anilines is 6. The number of rotatable bonds is 11. The van der Waals surface area contributed by atoms with Crippen LogP contribution in [0.15, 0.2) is 273 Å². The third kappa shape index (κ3) is 8.93. The SMILES string of the molecule is Cc1ccc(-c2ccccc2)c(C)c1N(c1cc(-c2ccccc2)ccc1-c1ccccc1)c1cc(C(C)C)c2ccc3c(N4c5cc(-c6ccccc6)ccc5-c5ccccc5-c5ccc(-c6ccccc6)c(C)c54)cc(C(C)C)c4ccc1c2c43. The maximum absolute atomic E-state index is 2.68. The van der Waals surface area contributed by atoms with Gasteiger partial charge in [0.2, 0.25) is 0 Å². The molecule has 87 heavy (non-hydrogen) atoms. The van der Waals surface area contributed by atoms with E-state index in [-0.39, 0.29) is 11.8 Å². The summed E-state index contributed by atoms with van der Waals surface area (Å²) in [5.74, 6) is 0.393. The first-order chi connectivity index (χ1) is 42.6. The van der Waals surface area contributed by atoms with Gasteiger partial charge in [-0.2, -0.15) is 0 Å². The van der Waals surface area contributed by atoms with Crippen LogP contribution in [0.4, 0.5) is 34.1 Å². The van der Waals surface area contributed by atoms with Gasteiger partial charge >= 0.3 is 0 Å². The van der Waals surface area contributed by atoms with Crippen molar-refractivity contribution in [2.24, 2.45) is 0 Å². The summed E-state index contributed by atoms with van der Waals surface area (Å²) in [4.78, 5) is 5.34. The van der Waals surface area contributed by atoms with Gasteiger partial charge in [-0.1, -0.05) is 276 Å². The van der Waals surface area contributed by atoms with Gasteiger partial charge in [-0.25, -0.2) is 0 Å². The fraction of sp³-hybridized carbons (Fsp3) is 0.106. The third-order valence-corrected chi connectivity index (χ3v) is 18.6. The summed E-state index contributed by atoms with van der Waals surface area (Å²) in [5, 5.41) is 7.61. The Morgan fingerprint density at radius 3 is 1.29 bits per heavy atom. The molecule has 0 unspecified atom stereocenters. The summed E-state index contributed by atoms with van der Waals surface area (Å²) < 4.78 is 0. The van der Waals surface area contributed by atoms with Crippen LogP contribution in [0.3, 0.4) is 0 Å². The van der Waals surface area contributed by atoms with Crippen LogP contribution < -0.4 is 9.80 Å². The van der Waals surface area contributed by atoms with Crippen molar-refractivity contribution in [1.82, 2.24) is 0 Å². The van der Waals surface area contributed by atoms with Gasteiger partial charge in [0.15, 0.2) is 0 Å². The molecule has 0 aromatic heterocycles. The Morgan fingerprint density at radius 1 is 0.287 bits per heavy atom. The van der Waals surface area contributed by atoms with E-state index in [1.54, 1.807) is 0 Å². The van der Waals surface area contributed by atoms with E-state index in [2.05, 4.69) is 331 Å². The Labute approximate surface area is 512 Å². The van der Waals surface area contributed by atoms with Crippen LogP contribution >= 0.6 is 0 Å². The van der Waals surface area contributed by atoms with E-state index in [4.69, 9.17) is 0 Å². The highest BCUT2D eigenvalue weighted by molar-refractivity contribution is 6.30. The quantitative estimate of drug-likeness (QED) is 0.119. The molecule has 2 nitrogen and oxygen atoms in total. The van der Waals surface area contributed by atoms with E-state index in [0.29, 0.717) is 0 Å². The third-order valence-electron chi connectivity index (χ3n) is 18.6. The zero-order chi connectivity index (χ0) is 59.0. The molecule has 1 aliphatic rings. The van der Waals surface area contributed by atoms with E-state index in [1.807, 2.05) is 0 Å². The van der Waals surface area contributed by atoms with Crippen molar-refractivity contribution in [3.63, 3.8) is 0 Å². The van der Waals surface area contributed by atoms with E-state index < -0.39 is 0 Å². The van der Waals surface area contributed by atoms with Crippen molar-refractivity contribution in [2.75, 3.05) is 9.80 Å². The smallest absolute Gasteiger partial charge is 0.0576 e. The average molecular weight is 1120 g/mol. The summed E-state index contributed by atoms with van der Waals surface area (Å²) in [6, 6.07) is 102. The highest BCUT2D eigenvalue weighted by atomic mass is 15.2. The molecule has 0 amide bonds. The van der Waals surface area contributed by atoms with Crippen LogP contribution in [0.2, 0.25) is 0 Å². The van der Waals surface area contributed by atoms with Gasteiger partial charge in [0.1, 0.15) is 0 Å². The van der Waals surface area contributed by atoms with Gasteiger partial charge in [-0.3, -0.25) is 0 Å². The lowest BCUT2D eigenvalue weighted by Gasteiger charge is -2.35. The molecule has 0 saturated carbocycles. The lowest BCUT2D eigenvalue weighted by Crippen LogP contribution is -2.16. The number of fused-ring (bicyclic) bond motifs is 5. The first kappa shape index (κ1) is 53.4. The van der Waals surface area contributed by atoms with Gasteiger partial charge in [0, 0.05) is 27.5 Å². The summed E-state index contributed by atoms with van der Waals surface area (Å²) in [6.45, 7) is 16.5. The molecule has 14 aromatic carbocycles. The molecule has 0 bridgehead atoms. The number of nitrogens with zero attached hydrogens (tertiary/aromatic N) is 2. The van der Waals surface area contributed by atoms with E-state index >= 15 is 0 Å². The average Bonchev–Trinajstić information content (AvgIpc) is 1.87. The second-order valence-corrected chi connectivity index (χ2v) is 24.4. The van der Waals surface area contributed by atoms with Crippen molar-refractivity contribution in [2.45, 2.75) is 60.3 Å². The normalized spacial score (nSPS) is 12.0. The minimum absolute atomic E-state index is 0.194. The molecule has 14 aromatic rings. The van der Waals surface area contributed by atoms with Gasteiger partial charge in [0.05, 0.1) is 34.1 Å². The predicted molar refractivity (Wildman–Crippen MR) is 374 cm³/mol. The number of hydrogen-bond acceptors (Lipinski definition) is 2. The molecule has 2 heteroatoms. The molecular weight excluding hydrogens is 1050 g/mol. The molecule has 1 aliphatic heterocycles. The van der Waals surface area contributed by atoms with Gasteiger partial charge in [0.25, 0.3) is 0 Å². The monoisotopic (exact) mass is 1120 g/mol. The Bertz CT molecular complexity index is 4930. The molecule has 0 spiro atoms. The van der Waals surface area contributed by atoms with Crippen LogP contribution in [0.25, 0.3) is 110 Å². The summed E-state index contributed by atoms with van der Waals surface area (Å²) in [7, 11) is 0. The molecule has 0 atom stereocenters. The number of aryl methyl sites for hydroxylation is 1. The van der Waals surface area contributed by atoms with Crippen LogP contribution in [-0.4, -0.2) is 0 Å². The zero-order valence-electron chi connectivity index (χ0n) is 50.5. The molecule has 1 heterocycles. The maximum atomic E-state index is 2.68. The molecule has 0 saturated heterocycles. The zero-order valence-corrected chi connectivity index (χ0v) is 50.5. The van der Waals surface area contributed by atoms with Crippen molar-refractivity contribution >= 4 is 66.4 Å². The van der Waals surface area contributed by atoms with Crippen molar-refractivity contribution in [1.29, 1.82) is 0 Å². The molecule has 0 aliphatic carbocycles. The first-order valence-electron chi connectivity index (χ1n) is 30.9. The summed E-state index contributed by atoms with van der Waals surface area (Å²) >= 11 is 0. The predicted octanol–water partition coefficient (Wildman–Crippen LogP) is 24.7.